The summed E-state index contributed by atoms with van der Waals surface area (Å²) in [5.41, 5.74) is 0.623. The Balaban J connectivity index is 1.92. The van der Waals surface area contributed by atoms with E-state index in [0.717, 1.165) is 25.7 Å². The fourth-order valence-electron chi connectivity index (χ4n) is 4.00. The monoisotopic (exact) mass is 250 g/mol. The van der Waals surface area contributed by atoms with Crippen molar-refractivity contribution in [2.45, 2.75) is 45.1 Å². The molecule has 1 saturated heterocycles. The minimum Gasteiger partial charge on any atom is -0.393 e. The quantitative estimate of drug-likeness (QED) is 0.616. The summed E-state index contributed by atoms with van der Waals surface area (Å²) in [5, 5.41) is 9.37. The number of allylic oxidation sites excluding steroid dienone is 2. The standard InChI is InChI=1S/C15H22O3/c1-10-4-3-5-11-6-7-12(14(10,11)2)13(17)15(8-16)9-18-15/h5,10,12,16H,3-4,6-9H2,1-2H3/t10-,12+,14+,15?/m0/s1. The summed E-state index contributed by atoms with van der Waals surface area (Å²) in [4.78, 5) is 12.7. The summed E-state index contributed by atoms with van der Waals surface area (Å²) in [5.74, 6) is 0.724. The molecule has 1 unspecified atom stereocenters. The Hall–Kier alpha value is -0.670. The highest BCUT2D eigenvalue weighted by molar-refractivity contribution is 5.93. The number of ether oxygens (including phenoxy) is 1. The maximum Gasteiger partial charge on any atom is 0.173 e. The number of hydrogen-bond donors (Lipinski definition) is 1. The van der Waals surface area contributed by atoms with Crippen LogP contribution in [0.2, 0.25) is 0 Å². The zero-order chi connectivity index (χ0) is 13.0. The largest absolute Gasteiger partial charge is 0.393 e. The summed E-state index contributed by atoms with van der Waals surface area (Å²) < 4.78 is 5.26. The van der Waals surface area contributed by atoms with Crippen molar-refractivity contribution >= 4 is 5.78 Å². The molecule has 3 aliphatic rings. The number of carbonyl (C=O) groups excluding carboxylic acids is 1. The second kappa shape index (κ2) is 3.91. The van der Waals surface area contributed by atoms with Gasteiger partial charge in [0.1, 0.15) is 0 Å². The number of Topliss-reactive ketones (excluding diaryl/α,β-unsaturated/α-hetero) is 1. The molecule has 1 heterocycles. The van der Waals surface area contributed by atoms with E-state index in [0.29, 0.717) is 12.5 Å². The molecule has 3 heteroatoms. The van der Waals surface area contributed by atoms with Crippen molar-refractivity contribution in [2.75, 3.05) is 13.2 Å². The summed E-state index contributed by atoms with van der Waals surface area (Å²) >= 11 is 0. The van der Waals surface area contributed by atoms with Crippen LogP contribution in [0.5, 0.6) is 0 Å². The number of carbonyl (C=O) groups is 1. The van der Waals surface area contributed by atoms with E-state index in [2.05, 4.69) is 19.9 Å². The molecule has 0 aromatic carbocycles. The maximum absolute atomic E-state index is 12.7. The SMILES string of the molecule is C[C@H]1CCC=C2CC[C@H](C(=O)C3(CO)CO3)[C@@]21C. The van der Waals surface area contributed by atoms with Gasteiger partial charge in [-0.25, -0.2) is 0 Å². The predicted octanol–water partition coefficient (Wildman–Crippen LogP) is 2.09. The van der Waals surface area contributed by atoms with Crippen molar-refractivity contribution in [3.05, 3.63) is 11.6 Å². The van der Waals surface area contributed by atoms with E-state index in [1.807, 2.05) is 0 Å². The minimum absolute atomic E-state index is 0.00343. The minimum atomic E-state index is -0.847. The van der Waals surface area contributed by atoms with Crippen molar-refractivity contribution in [1.82, 2.24) is 0 Å². The highest BCUT2D eigenvalue weighted by Crippen LogP contribution is 2.57. The van der Waals surface area contributed by atoms with Gasteiger partial charge in [-0.05, 0) is 31.6 Å². The Labute approximate surface area is 108 Å². The lowest BCUT2D eigenvalue weighted by atomic mass is 9.62. The summed E-state index contributed by atoms with van der Waals surface area (Å²) in [6.45, 7) is 4.75. The van der Waals surface area contributed by atoms with E-state index < -0.39 is 5.60 Å². The van der Waals surface area contributed by atoms with Gasteiger partial charge < -0.3 is 9.84 Å². The number of rotatable bonds is 3. The van der Waals surface area contributed by atoms with Crippen molar-refractivity contribution in [3.8, 4) is 0 Å². The molecule has 1 aliphatic heterocycles. The molecule has 0 radical (unpaired) electrons. The van der Waals surface area contributed by atoms with Crippen molar-refractivity contribution < 1.29 is 14.6 Å². The van der Waals surface area contributed by atoms with Gasteiger partial charge in [-0.1, -0.05) is 25.5 Å². The molecular formula is C15H22O3. The molecule has 0 bridgehead atoms. The van der Waals surface area contributed by atoms with Crippen molar-refractivity contribution in [3.63, 3.8) is 0 Å². The van der Waals surface area contributed by atoms with Crippen LogP contribution in [0.1, 0.15) is 39.5 Å². The number of ketones is 1. The first kappa shape index (κ1) is 12.4. The fourth-order valence-corrected chi connectivity index (χ4v) is 4.00. The molecule has 1 saturated carbocycles. The van der Waals surface area contributed by atoms with E-state index in [-0.39, 0.29) is 23.7 Å². The summed E-state index contributed by atoms with van der Waals surface area (Å²) in [6, 6.07) is 0. The normalized spacial score (nSPS) is 46.5. The Morgan fingerprint density at radius 3 is 2.89 bits per heavy atom. The summed E-state index contributed by atoms with van der Waals surface area (Å²) in [6.07, 6.45) is 6.62. The first-order valence-corrected chi connectivity index (χ1v) is 7.03. The summed E-state index contributed by atoms with van der Waals surface area (Å²) in [7, 11) is 0. The van der Waals surface area contributed by atoms with Gasteiger partial charge in [-0.15, -0.1) is 0 Å². The van der Waals surface area contributed by atoms with E-state index >= 15 is 0 Å². The van der Waals surface area contributed by atoms with Crippen molar-refractivity contribution in [2.24, 2.45) is 17.3 Å². The van der Waals surface area contributed by atoms with Gasteiger partial charge in [0.25, 0.3) is 0 Å². The Kier molecular flexibility index (Phi) is 2.69. The van der Waals surface area contributed by atoms with E-state index in [9.17, 15) is 9.90 Å². The molecule has 0 aromatic heterocycles. The van der Waals surface area contributed by atoms with Gasteiger partial charge >= 0.3 is 0 Å². The topological polar surface area (TPSA) is 49.8 Å². The van der Waals surface area contributed by atoms with E-state index in [4.69, 9.17) is 4.74 Å². The third kappa shape index (κ3) is 1.47. The molecule has 2 fully saturated rings. The first-order valence-electron chi connectivity index (χ1n) is 7.03. The van der Waals surface area contributed by atoms with Gasteiger partial charge in [-0.2, -0.15) is 0 Å². The lowest BCUT2D eigenvalue weighted by Crippen LogP contribution is -2.44. The molecule has 3 rings (SSSR count). The molecule has 0 amide bonds. The average molecular weight is 250 g/mol. The van der Waals surface area contributed by atoms with Gasteiger partial charge in [-0.3, -0.25) is 4.79 Å². The lowest BCUT2D eigenvalue weighted by molar-refractivity contribution is -0.133. The van der Waals surface area contributed by atoms with Crippen LogP contribution < -0.4 is 0 Å². The maximum atomic E-state index is 12.7. The highest BCUT2D eigenvalue weighted by atomic mass is 16.6. The van der Waals surface area contributed by atoms with Crippen LogP contribution in [0.4, 0.5) is 0 Å². The zero-order valence-electron chi connectivity index (χ0n) is 11.2. The number of aliphatic hydroxyl groups excluding tert-OH is 1. The van der Waals surface area contributed by atoms with Crippen LogP contribution in [0.3, 0.4) is 0 Å². The Morgan fingerprint density at radius 1 is 1.56 bits per heavy atom. The molecule has 18 heavy (non-hydrogen) atoms. The smallest absolute Gasteiger partial charge is 0.173 e. The van der Waals surface area contributed by atoms with Crippen LogP contribution in [-0.4, -0.2) is 29.7 Å². The van der Waals surface area contributed by atoms with Crippen LogP contribution in [-0.2, 0) is 9.53 Å². The second-order valence-corrected chi connectivity index (χ2v) is 6.39. The molecule has 0 spiro atoms. The molecular weight excluding hydrogens is 228 g/mol. The van der Waals surface area contributed by atoms with Gasteiger partial charge in [0, 0.05) is 11.3 Å². The number of aliphatic hydroxyl groups is 1. The second-order valence-electron chi connectivity index (χ2n) is 6.39. The van der Waals surface area contributed by atoms with E-state index in [1.165, 1.54) is 5.57 Å². The number of hydrogen-bond acceptors (Lipinski definition) is 3. The van der Waals surface area contributed by atoms with Gasteiger partial charge in [0.15, 0.2) is 11.4 Å². The Morgan fingerprint density at radius 2 is 2.28 bits per heavy atom. The van der Waals surface area contributed by atoms with Gasteiger partial charge in [0.05, 0.1) is 13.2 Å². The predicted molar refractivity (Wildman–Crippen MR) is 68.1 cm³/mol. The van der Waals surface area contributed by atoms with Gasteiger partial charge in [0.2, 0.25) is 0 Å². The van der Waals surface area contributed by atoms with Crippen LogP contribution >= 0.6 is 0 Å². The zero-order valence-corrected chi connectivity index (χ0v) is 11.2. The average Bonchev–Trinajstić information content (AvgIpc) is 3.08. The Bertz CT molecular complexity index is 408. The van der Waals surface area contributed by atoms with Crippen LogP contribution in [0.15, 0.2) is 11.6 Å². The molecule has 4 atom stereocenters. The molecule has 1 N–H and O–H groups in total. The first-order chi connectivity index (χ1) is 8.54. The third-order valence-corrected chi connectivity index (χ3v) is 5.65. The van der Waals surface area contributed by atoms with Crippen LogP contribution in [0, 0.1) is 17.3 Å². The molecule has 3 nitrogen and oxygen atoms in total. The number of fused-ring (bicyclic) bond motifs is 1. The van der Waals surface area contributed by atoms with E-state index in [1.54, 1.807) is 0 Å². The fraction of sp³-hybridized carbons (Fsp3) is 0.800. The lowest BCUT2D eigenvalue weighted by Gasteiger charge is -2.41. The number of epoxide rings is 1. The molecule has 2 aliphatic carbocycles. The molecule has 100 valence electrons. The molecule has 0 aromatic rings. The van der Waals surface area contributed by atoms with Crippen LogP contribution in [0.25, 0.3) is 0 Å². The third-order valence-electron chi connectivity index (χ3n) is 5.65. The highest BCUT2D eigenvalue weighted by Gasteiger charge is 2.60. The van der Waals surface area contributed by atoms with Crippen molar-refractivity contribution in [1.29, 1.82) is 0 Å².